The van der Waals surface area contributed by atoms with Gasteiger partial charge in [-0.3, -0.25) is 0 Å². The largest absolute Gasteiger partial charge is 0.310 e. The summed E-state index contributed by atoms with van der Waals surface area (Å²) in [4.78, 5) is 0. The Morgan fingerprint density at radius 2 is 1.57 bits per heavy atom. The Hall–Kier alpha value is -0.0900. The average Bonchev–Trinajstić information content (AvgIpc) is 2.54. The number of hydrogen-bond acceptors (Lipinski definition) is 3. The molecule has 0 aromatic carbocycles. The second kappa shape index (κ2) is 4.19. The molecule has 1 saturated carbocycles. The normalized spacial score (nSPS) is 33.3. The third kappa shape index (κ3) is 2.70. The van der Waals surface area contributed by atoms with Gasteiger partial charge in [0.05, 0.1) is 11.5 Å². The molecule has 0 spiro atoms. The Labute approximate surface area is 86.2 Å². The molecule has 1 N–H and O–H groups in total. The van der Waals surface area contributed by atoms with Crippen LogP contribution in [0.15, 0.2) is 0 Å². The second-order valence-electron chi connectivity index (χ2n) is 4.60. The molecule has 14 heavy (non-hydrogen) atoms. The fourth-order valence-corrected chi connectivity index (χ4v) is 4.23. The van der Waals surface area contributed by atoms with Gasteiger partial charge in [0.15, 0.2) is 9.84 Å². The van der Waals surface area contributed by atoms with Crippen molar-refractivity contribution in [2.45, 2.75) is 50.6 Å². The number of rotatable bonds is 2. The van der Waals surface area contributed by atoms with Crippen LogP contribution in [0.25, 0.3) is 0 Å². The third-order valence-corrected chi connectivity index (χ3v) is 5.11. The zero-order valence-electron chi connectivity index (χ0n) is 8.54. The summed E-state index contributed by atoms with van der Waals surface area (Å²) in [5.41, 5.74) is 0. The lowest BCUT2D eigenvalue weighted by atomic mass is 10.1. The predicted molar refractivity (Wildman–Crippen MR) is 57.1 cm³/mol. The van der Waals surface area contributed by atoms with Crippen LogP contribution >= 0.6 is 0 Å². The van der Waals surface area contributed by atoms with Crippen molar-refractivity contribution >= 4 is 9.84 Å². The molecule has 1 heterocycles. The molecular weight excluding hydrogens is 198 g/mol. The van der Waals surface area contributed by atoms with Crippen LogP contribution in [0.2, 0.25) is 0 Å². The van der Waals surface area contributed by atoms with E-state index in [4.69, 9.17) is 0 Å². The summed E-state index contributed by atoms with van der Waals surface area (Å²) in [5.74, 6) is 0.763. The van der Waals surface area contributed by atoms with Crippen molar-refractivity contribution in [1.29, 1.82) is 0 Å². The van der Waals surface area contributed by atoms with E-state index in [9.17, 15) is 8.42 Å². The monoisotopic (exact) mass is 217 g/mol. The first-order chi connectivity index (χ1) is 6.66. The molecule has 82 valence electrons. The van der Waals surface area contributed by atoms with E-state index in [0.29, 0.717) is 17.5 Å². The first-order valence-electron chi connectivity index (χ1n) is 5.62. The number of hydrogen-bond donors (Lipinski definition) is 1. The van der Waals surface area contributed by atoms with Crippen LogP contribution in [0.3, 0.4) is 0 Å². The smallest absolute Gasteiger partial charge is 0.151 e. The average molecular weight is 217 g/mol. The van der Waals surface area contributed by atoms with Gasteiger partial charge in [0.2, 0.25) is 0 Å². The Morgan fingerprint density at radius 1 is 0.929 bits per heavy atom. The number of sulfone groups is 1. The van der Waals surface area contributed by atoms with Gasteiger partial charge in [-0.1, -0.05) is 12.8 Å². The highest BCUT2D eigenvalue weighted by Crippen LogP contribution is 2.20. The quantitative estimate of drug-likeness (QED) is 0.753. The van der Waals surface area contributed by atoms with E-state index in [-0.39, 0.29) is 6.04 Å². The second-order valence-corrected chi connectivity index (χ2v) is 6.83. The molecule has 1 aliphatic carbocycles. The predicted octanol–water partition coefficient (Wildman–Crippen LogP) is 1.10. The molecular formula is C10H19NO2S. The minimum absolute atomic E-state index is 0.233. The van der Waals surface area contributed by atoms with Gasteiger partial charge in [-0.25, -0.2) is 8.42 Å². The van der Waals surface area contributed by atoms with Crippen LogP contribution in [0.5, 0.6) is 0 Å². The van der Waals surface area contributed by atoms with Crippen molar-refractivity contribution in [3.63, 3.8) is 0 Å². The lowest BCUT2D eigenvalue weighted by Gasteiger charge is -2.26. The molecule has 0 aromatic rings. The third-order valence-electron chi connectivity index (χ3n) is 3.29. The SMILES string of the molecule is O=S1(=O)CCCC(NC2CCCC2)C1. The van der Waals surface area contributed by atoms with Gasteiger partial charge in [0.25, 0.3) is 0 Å². The van der Waals surface area contributed by atoms with E-state index in [1.807, 2.05) is 0 Å². The maximum Gasteiger partial charge on any atom is 0.151 e. The molecule has 0 amide bonds. The highest BCUT2D eigenvalue weighted by molar-refractivity contribution is 7.91. The minimum Gasteiger partial charge on any atom is -0.310 e. The molecule has 2 fully saturated rings. The lowest BCUT2D eigenvalue weighted by molar-refractivity contribution is 0.418. The topological polar surface area (TPSA) is 46.2 Å². The summed E-state index contributed by atoms with van der Waals surface area (Å²) < 4.78 is 22.8. The minimum atomic E-state index is -2.74. The zero-order valence-corrected chi connectivity index (χ0v) is 9.35. The van der Waals surface area contributed by atoms with Gasteiger partial charge in [-0.2, -0.15) is 0 Å². The Morgan fingerprint density at radius 3 is 2.21 bits per heavy atom. The molecule has 2 aliphatic rings. The first-order valence-corrected chi connectivity index (χ1v) is 7.44. The first kappa shape index (κ1) is 10.4. The zero-order chi connectivity index (χ0) is 10.0. The fraction of sp³-hybridized carbons (Fsp3) is 1.00. The number of nitrogens with one attached hydrogen (secondary N) is 1. The lowest BCUT2D eigenvalue weighted by Crippen LogP contribution is -2.44. The summed E-state index contributed by atoms with van der Waals surface area (Å²) in [5, 5.41) is 3.49. The molecule has 1 atom stereocenters. The fourth-order valence-electron chi connectivity index (χ4n) is 2.58. The van der Waals surface area contributed by atoms with Gasteiger partial charge in [-0.15, -0.1) is 0 Å². The van der Waals surface area contributed by atoms with E-state index >= 15 is 0 Å². The van der Waals surface area contributed by atoms with Crippen molar-refractivity contribution in [2.75, 3.05) is 11.5 Å². The highest BCUT2D eigenvalue weighted by atomic mass is 32.2. The highest BCUT2D eigenvalue weighted by Gasteiger charge is 2.27. The molecule has 1 aliphatic heterocycles. The van der Waals surface area contributed by atoms with Crippen molar-refractivity contribution in [3.8, 4) is 0 Å². The van der Waals surface area contributed by atoms with Gasteiger partial charge in [-0.05, 0) is 25.7 Å². The Bertz CT molecular complexity index is 280. The molecule has 0 bridgehead atoms. The van der Waals surface area contributed by atoms with Gasteiger partial charge >= 0.3 is 0 Å². The van der Waals surface area contributed by atoms with Crippen LogP contribution in [0.4, 0.5) is 0 Å². The van der Waals surface area contributed by atoms with E-state index in [0.717, 1.165) is 12.8 Å². The summed E-state index contributed by atoms with van der Waals surface area (Å²) >= 11 is 0. The van der Waals surface area contributed by atoms with Crippen LogP contribution < -0.4 is 5.32 Å². The molecule has 1 saturated heterocycles. The van der Waals surface area contributed by atoms with Crippen LogP contribution in [-0.2, 0) is 9.84 Å². The molecule has 1 unspecified atom stereocenters. The van der Waals surface area contributed by atoms with Crippen molar-refractivity contribution < 1.29 is 8.42 Å². The van der Waals surface area contributed by atoms with Crippen LogP contribution in [0.1, 0.15) is 38.5 Å². The summed E-state index contributed by atoms with van der Waals surface area (Å²) in [7, 11) is -2.74. The van der Waals surface area contributed by atoms with E-state index in [1.165, 1.54) is 25.7 Å². The molecule has 3 nitrogen and oxygen atoms in total. The Balaban J connectivity index is 1.85. The van der Waals surface area contributed by atoms with E-state index in [1.54, 1.807) is 0 Å². The molecule has 0 aromatic heterocycles. The van der Waals surface area contributed by atoms with Gasteiger partial charge < -0.3 is 5.32 Å². The van der Waals surface area contributed by atoms with E-state index < -0.39 is 9.84 Å². The summed E-state index contributed by atoms with van der Waals surface area (Å²) in [6, 6.07) is 0.824. The molecule has 4 heteroatoms. The molecule has 0 radical (unpaired) electrons. The van der Waals surface area contributed by atoms with Crippen LogP contribution in [-0.4, -0.2) is 32.0 Å². The van der Waals surface area contributed by atoms with Gasteiger partial charge in [0.1, 0.15) is 0 Å². The van der Waals surface area contributed by atoms with Gasteiger partial charge in [0, 0.05) is 12.1 Å². The maximum absolute atomic E-state index is 11.4. The summed E-state index contributed by atoms with van der Waals surface area (Å²) in [6.45, 7) is 0. The maximum atomic E-state index is 11.4. The van der Waals surface area contributed by atoms with Crippen molar-refractivity contribution in [3.05, 3.63) is 0 Å². The summed E-state index contributed by atoms with van der Waals surface area (Å²) in [6.07, 6.45) is 6.95. The van der Waals surface area contributed by atoms with Crippen molar-refractivity contribution in [2.24, 2.45) is 0 Å². The van der Waals surface area contributed by atoms with Crippen molar-refractivity contribution in [1.82, 2.24) is 5.32 Å². The standard InChI is InChI=1S/C10H19NO2S/c12-14(13)7-3-6-10(8-14)11-9-4-1-2-5-9/h9-11H,1-8H2. The molecule has 2 rings (SSSR count). The Kier molecular flexibility index (Phi) is 3.12. The van der Waals surface area contributed by atoms with E-state index in [2.05, 4.69) is 5.32 Å². The van der Waals surface area contributed by atoms with Crippen LogP contribution in [0, 0.1) is 0 Å².